The van der Waals surface area contributed by atoms with Crippen molar-refractivity contribution in [1.29, 1.82) is 0 Å². The molecule has 1 saturated heterocycles. The molecule has 1 N–H and O–H groups in total. The maximum Gasteiger partial charge on any atom is 0.293 e. The summed E-state index contributed by atoms with van der Waals surface area (Å²) in [6, 6.07) is 0. The summed E-state index contributed by atoms with van der Waals surface area (Å²) in [5.74, 6) is -0.121. The molecule has 5 atom stereocenters. The number of methoxy groups -OCH3 is 1. The van der Waals surface area contributed by atoms with E-state index in [2.05, 4.69) is 4.74 Å². The van der Waals surface area contributed by atoms with Gasteiger partial charge in [-0.2, -0.15) is 0 Å². The zero-order valence-corrected chi connectivity index (χ0v) is 13.2. The van der Waals surface area contributed by atoms with E-state index in [9.17, 15) is 9.90 Å². The van der Waals surface area contributed by atoms with E-state index < -0.39 is 6.10 Å². The Labute approximate surface area is 126 Å². The summed E-state index contributed by atoms with van der Waals surface area (Å²) in [6.45, 7) is 5.38. The third-order valence-electron chi connectivity index (χ3n) is 3.90. The lowest BCUT2D eigenvalue weighted by Gasteiger charge is -2.42. The molecule has 1 aliphatic heterocycles. The second-order valence-corrected chi connectivity index (χ2v) is 5.40. The topological polar surface area (TPSA) is 74.2 Å². The van der Waals surface area contributed by atoms with Gasteiger partial charge in [-0.1, -0.05) is 13.8 Å². The minimum atomic E-state index is -0.591. The summed E-state index contributed by atoms with van der Waals surface area (Å²) in [4.78, 5) is 9.99. The number of carbonyl (C=O) groups excluding carboxylic acids is 1. The van der Waals surface area contributed by atoms with E-state index >= 15 is 0 Å². The minimum absolute atomic E-state index is 0.121. The first-order valence-corrected chi connectivity index (χ1v) is 7.68. The predicted octanol–water partition coefficient (Wildman–Crippen LogP) is 1.49. The number of rotatable bonds is 10. The van der Waals surface area contributed by atoms with E-state index in [1.54, 1.807) is 7.11 Å². The second kappa shape index (κ2) is 10.1. The van der Waals surface area contributed by atoms with Gasteiger partial charge in [0.15, 0.2) is 6.29 Å². The highest BCUT2D eigenvalue weighted by molar-refractivity contribution is 5.36. The maximum atomic E-state index is 10.4. The van der Waals surface area contributed by atoms with E-state index in [1.165, 1.54) is 0 Å². The van der Waals surface area contributed by atoms with Gasteiger partial charge in [-0.15, -0.1) is 0 Å². The Morgan fingerprint density at radius 1 is 1.24 bits per heavy atom. The second-order valence-electron chi connectivity index (χ2n) is 5.40. The molecule has 0 aromatic carbocycles. The lowest BCUT2D eigenvalue weighted by molar-refractivity contribution is -0.278. The first-order valence-electron chi connectivity index (χ1n) is 7.68. The fourth-order valence-corrected chi connectivity index (χ4v) is 2.59. The van der Waals surface area contributed by atoms with Gasteiger partial charge in [-0.3, -0.25) is 4.79 Å². The molecule has 1 rings (SSSR count). The van der Waals surface area contributed by atoms with Crippen LogP contribution in [0.15, 0.2) is 0 Å². The summed E-state index contributed by atoms with van der Waals surface area (Å²) in [5, 5.41) is 10.4. The number of unbranched alkanes of at least 4 members (excludes halogenated alkanes) is 2. The monoisotopic (exact) mass is 304 g/mol. The predicted molar refractivity (Wildman–Crippen MR) is 76.7 cm³/mol. The standard InChI is InChI=1S/C15H28O6/c1-4-12-14(13(17)11(2)15(18-3)21-12)20-9-7-5-6-8-19-10-16/h10-15,17H,4-9H2,1-3H3. The van der Waals surface area contributed by atoms with E-state index in [0.29, 0.717) is 19.7 Å². The molecule has 0 radical (unpaired) electrons. The molecule has 0 amide bonds. The van der Waals surface area contributed by atoms with Crippen LogP contribution in [-0.2, 0) is 23.7 Å². The molecular weight excluding hydrogens is 276 g/mol. The molecule has 6 nitrogen and oxygen atoms in total. The van der Waals surface area contributed by atoms with Crippen molar-refractivity contribution >= 4 is 6.47 Å². The van der Waals surface area contributed by atoms with Gasteiger partial charge >= 0.3 is 0 Å². The van der Waals surface area contributed by atoms with Crippen molar-refractivity contribution in [2.45, 2.75) is 64.1 Å². The molecule has 21 heavy (non-hydrogen) atoms. The van der Waals surface area contributed by atoms with Crippen molar-refractivity contribution in [2.24, 2.45) is 5.92 Å². The van der Waals surface area contributed by atoms with E-state index in [-0.39, 0.29) is 24.4 Å². The molecule has 0 bridgehead atoms. The van der Waals surface area contributed by atoms with Crippen molar-refractivity contribution in [2.75, 3.05) is 20.3 Å². The van der Waals surface area contributed by atoms with Crippen molar-refractivity contribution in [3.8, 4) is 0 Å². The SMILES string of the molecule is CCC1OC(OC)C(C)C(O)C1OCCCCCOC=O. The zero-order chi connectivity index (χ0) is 15.7. The Hall–Kier alpha value is -0.690. The maximum absolute atomic E-state index is 10.4. The smallest absolute Gasteiger partial charge is 0.293 e. The summed E-state index contributed by atoms with van der Waals surface area (Å²) >= 11 is 0. The lowest BCUT2D eigenvalue weighted by atomic mass is 9.91. The Kier molecular flexibility index (Phi) is 8.84. The number of aliphatic hydroxyl groups excluding tert-OH is 1. The summed E-state index contributed by atoms with van der Waals surface area (Å²) < 4.78 is 21.5. The van der Waals surface area contributed by atoms with Crippen LogP contribution in [0, 0.1) is 5.92 Å². The molecule has 0 aromatic rings. The minimum Gasteiger partial charge on any atom is -0.468 e. The molecule has 1 fully saturated rings. The number of carbonyl (C=O) groups is 1. The molecule has 0 aromatic heterocycles. The molecule has 1 aliphatic rings. The van der Waals surface area contributed by atoms with Crippen LogP contribution in [0.5, 0.6) is 0 Å². The fourth-order valence-electron chi connectivity index (χ4n) is 2.59. The first kappa shape index (κ1) is 18.4. The van der Waals surface area contributed by atoms with Crippen LogP contribution >= 0.6 is 0 Å². The van der Waals surface area contributed by atoms with Gasteiger partial charge in [0.25, 0.3) is 6.47 Å². The third kappa shape index (κ3) is 5.54. The van der Waals surface area contributed by atoms with Gasteiger partial charge < -0.3 is 24.1 Å². The van der Waals surface area contributed by atoms with Crippen LogP contribution in [0.25, 0.3) is 0 Å². The summed E-state index contributed by atoms with van der Waals surface area (Å²) in [5.41, 5.74) is 0. The van der Waals surface area contributed by atoms with Crippen LogP contribution in [0.3, 0.4) is 0 Å². The molecule has 124 valence electrons. The highest BCUT2D eigenvalue weighted by Crippen LogP contribution is 2.29. The molecule has 0 spiro atoms. The van der Waals surface area contributed by atoms with Crippen molar-refractivity contribution < 1.29 is 28.8 Å². The van der Waals surface area contributed by atoms with E-state index in [4.69, 9.17) is 14.2 Å². The van der Waals surface area contributed by atoms with Crippen LogP contribution in [-0.4, -0.2) is 56.5 Å². The van der Waals surface area contributed by atoms with Crippen molar-refractivity contribution in [3.05, 3.63) is 0 Å². The number of hydrogen-bond donors (Lipinski definition) is 1. The Morgan fingerprint density at radius 2 is 1.95 bits per heavy atom. The molecular formula is C15H28O6. The average molecular weight is 304 g/mol. The van der Waals surface area contributed by atoms with E-state index in [0.717, 1.165) is 25.7 Å². The highest BCUT2D eigenvalue weighted by atomic mass is 16.7. The Balaban J connectivity index is 2.32. The molecule has 5 unspecified atom stereocenters. The summed E-state index contributed by atoms with van der Waals surface area (Å²) in [6.07, 6.45) is 1.93. The third-order valence-corrected chi connectivity index (χ3v) is 3.90. The summed E-state index contributed by atoms with van der Waals surface area (Å²) in [7, 11) is 1.59. The Bertz CT molecular complexity index is 283. The van der Waals surface area contributed by atoms with Gasteiger partial charge in [0, 0.05) is 19.6 Å². The van der Waals surface area contributed by atoms with Gasteiger partial charge in [-0.25, -0.2) is 0 Å². The largest absolute Gasteiger partial charge is 0.468 e. The Morgan fingerprint density at radius 3 is 2.57 bits per heavy atom. The quantitative estimate of drug-likeness (QED) is 0.487. The van der Waals surface area contributed by atoms with Crippen LogP contribution < -0.4 is 0 Å². The van der Waals surface area contributed by atoms with Crippen LogP contribution in [0.4, 0.5) is 0 Å². The lowest BCUT2D eigenvalue weighted by Crippen LogP contribution is -2.54. The number of hydrogen-bond acceptors (Lipinski definition) is 6. The zero-order valence-electron chi connectivity index (χ0n) is 13.2. The number of ether oxygens (including phenoxy) is 4. The van der Waals surface area contributed by atoms with Crippen molar-refractivity contribution in [1.82, 2.24) is 0 Å². The molecule has 0 aliphatic carbocycles. The van der Waals surface area contributed by atoms with Gasteiger partial charge in [0.1, 0.15) is 6.10 Å². The van der Waals surface area contributed by atoms with Crippen LogP contribution in [0.2, 0.25) is 0 Å². The van der Waals surface area contributed by atoms with Gasteiger partial charge in [0.05, 0.1) is 18.8 Å². The average Bonchev–Trinajstić information content (AvgIpc) is 2.50. The van der Waals surface area contributed by atoms with Crippen molar-refractivity contribution in [3.63, 3.8) is 0 Å². The normalized spacial score (nSPS) is 32.9. The van der Waals surface area contributed by atoms with Gasteiger partial charge in [-0.05, 0) is 25.7 Å². The number of aliphatic hydroxyl groups is 1. The van der Waals surface area contributed by atoms with E-state index in [1.807, 2.05) is 13.8 Å². The first-order chi connectivity index (χ1) is 10.2. The molecule has 0 saturated carbocycles. The molecule has 6 heteroatoms. The van der Waals surface area contributed by atoms with Crippen LogP contribution in [0.1, 0.15) is 39.5 Å². The van der Waals surface area contributed by atoms with Gasteiger partial charge in [0.2, 0.25) is 0 Å². The highest BCUT2D eigenvalue weighted by Gasteiger charge is 2.42. The molecule has 1 heterocycles. The fraction of sp³-hybridized carbons (Fsp3) is 0.933.